The minimum Gasteiger partial charge on any atom is -0.368 e. The molecule has 0 aromatic heterocycles. The van der Waals surface area contributed by atoms with Gasteiger partial charge < -0.3 is 16.4 Å². The van der Waals surface area contributed by atoms with Gasteiger partial charge in [-0.3, -0.25) is 9.59 Å². The molecule has 1 aliphatic heterocycles. The highest BCUT2D eigenvalue weighted by Crippen LogP contribution is 2.32. The van der Waals surface area contributed by atoms with Crippen molar-refractivity contribution in [3.8, 4) is 0 Å². The zero-order chi connectivity index (χ0) is 14.6. The van der Waals surface area contributed by atoms with Crippen molar-refractivity contribution in [2.24, 2.45) is 23.0 Å². The molecule has 0 spiro atoms. The van der Waals surface area contributed by atoms with Gasteiger partial charge in [0, 0.05) is 5.41 Å². The van der Waals surface area contributed by atoms with Crippen molar-refractivity contribution in [1.29, 1.82) is 0 Å². The monoisotopic (exact) mass is 269 g/mol. The Kier molecular flexibility index (Phi) is 5.35. The highest BCUT2D eigenvalue weighted by molar-refractivity contribution is 5.89. The first kappa shape index (κ1) is 16.0. The van der Waals surface area contributed by atoms with Gasteiger partial charge in [-0.1, -0.05) is 27.7 Å². The quantitative estimate of drug-likeness (QED) is 0.684. The second kappa shape index (κ2) is 6.37. The van der Waals surface area contributed by atoms with Crippen LogP contribution in [0.5, 0.6) is 0 Å². The normalized spacial score (nSPS) is 22.1. The van der Waals surface area contributed by atoms with Crippen LogP contribution in [0.3, 0.4) is 0 Å². The maximum Gasteiger partial charge on any atom is 0.240 e. The van der Waals surface area contributed by atoms with E-state index < -0.39 is 17.4 Å². The van der Waals surface area contributed by atoms with Crippen LogP contribution in [0.4, 0.5) is 0 Å². The molecule has 0 aliphatic carbocycles. The first-order valence-electron chi connectivity index (χ1n) is 7.07. The molecule has 0 radical (unpaired) electrons. The number of rotatable bonds is 5. The number of primary amides is 1. The predicted molar refractivity (Wildman–Crippen MR) is 75.3 cm³/mol. The van der Waals surface area contributed by atoms with Crippen molar-refractivity contribution in [2.75, 3.05) is 13.1 Å². The maximum atomic E-state index is 12.4. The summed E-state index contributed by atoms with van der Waals surface area (Å²) in [6, 6.07) is -0.594. The zero-order valence-electron chi connectivity index (χ0n) is 12.5. The number of carbonyl (C=O) groups excluding carboxylic acids is 2. The molecule has 2 unspecified atom stereocenters. The molecule has 1 rings (SSSR count). The third-order valence-electron chi connectivity index (χ3n) is 4.16. The van der Waals surface area contributed by atoms with E-state index in [0.29, 0.717) is 5.92 Å². The van der Waals surface area contributed by atoms with Crippen LogP contribution in [-0.2, 0) is 9.59 Å². The summed E-state index contributed by atoms with van der Waals surface area (Å²) in [7, 11) is 0. The number of piperidine rings is 1. The average molecular weight is 269 g/mol. The lowest BCUT2D eigenvalue weighted by molar-refractivity contribution is -0.136. The lowest BCUT2D eigenvalue weighted by Crippen LogP contribution is -2.54. The van der Waals surface area contributed by atoms with Gasteiger partial charge in [-0.25, -0.2) is 0 Å². The summed E-state index contributed by atoms with van der Waals surface area (Å²) in [6.45, 7) is 9.51. The fourth-order valence-electron chi connectivity index (χ4n) is 2.55. The molecule has 1 heterocycles. The Balaban J connectivity index is 2.71. The summed E-state index contributed by atoms with van der Waals surface area (Å²) in [5, 5.41) is 6.14. The van der Waals surface area contributed by atoms with Gasteiger partial charge in [0.1, 0.15) is 6.04 Å². The van der Waals surface area contributed by atoms with Crippen molar-refractivity contribution >= 4 is 11.8 Å². The summed E-state index contributed by atoms with van der Waals surface area (Å²) in [5.74, 6) is -0.261. The van der Waals surface area contributed by atoms with Crippen molar-refractivity contribution in [2.45, 2.75) is 46.6 Å². The summed E-state index contributed by atoms with van der Waals surface area (Å²) < 4.78 is 0. The largest absolute Gasteiger partial charge is 0.368 e. The first-order valence-corrected chi connectivity index (χ1v) is 7.07. The second-order valence-electron chi connectivity index (χ2n) is 6.36. The van der Waals surface area contributed by atoms with Crippen molar-refractivity contribution in [3.63, 3.8) is 0 Å². The van der Waals surface area contributed by atoms with Gasteiger partial charge in [0.25, 0.3) is 0 Å². The van der Waals surface area contributed by atoms with Crippen LogP contribution in [0, 0.1) is 17.3 Å². The molecular weight excluding hydrogens is 242 g/mol. The molecule has 110 valence electrons. The van der Waals surface area contributed by atoms with Gasteiger partial charge in [-0.05, 0) is 37.8 Å². The molecule has 0 aromatic rings. The summed E-state index contributed by atoms with van der Waals surface area (Å²) in [5.41, 5.74) is 4.85. The molecule has 4 N–H and O–H groups in total. The molecular formula is C14H27N3O2. The van der Waals surface area contributed by atoms with Crippen molar-refractivity contribution < 1.29 is 9.59 Å². The predicted octanol–water partition coefficient (Wildman–Crippen LogP) is 0.638. The molecule has 19 heavy (non-hydrogen) atoms. The average Bonchev–Trinajstić information content (AvgIpc) is 2.35. The van der Waals surface area contributed by atoms with E-state index in [1.54, 1.807) is 0 Å². The Morgan fingerprint density at radius 1 is 1.37 bits per heavy atom. The fourth-order valence-corrected chi connectivity index (χ4v) is 2.55. The van der Waals surface area contributed by atoms with Crippen LogP contribution in [0.1, 0.15) is 40.5 Å². The topological polar surface area (TPSA) is 84.2 Å². The van der Waals surface area contributed by atoms with E-state index in [1.807, 2.05) is 27.7 Å². The van der Waals surface area contributed by atoms with E-state index in [-0.39, 0.29) is 11.8 Å². The minimum atomic E-state index is -0.594. The molecule has 1 fully saturated rings. The molecule has 5 heteroatoms. The molecule has 1 aliphatic rings. The molecule has 0 saturated carbocycles. The second-order valence-corrected chi connectivity index (χ2v) is 6.36. The van der Waals surface area contributed by atoms with Crippen LogP contribution in [0.25, 0.3) is 0 Å². The van der Waals surface area contributed by atoms with Crippen molar-refractivity contribution in [1.82, 2.24) is 10.6 Å². The number of nitrogens with one attached hydrogen (secondary N) is 2. The van der Waals surface area contributed by atoms with Crippen LogP contribution < -0.4 is 16.4 Å². The number of hydrogen-bond donors (Lipinski definition) is 3. The van der Waals surface area contributed by atoms with E-state index in [4.69, 9.17) is 5.73 Å². The van der Waals surface area contributed by atoms with Gasteiger partial charge in [0.2, 0.25) is 11.8 Å². The summed E-state index contributed by atoms with van der Waals surface area (Å²) in [4.78, 5) is 23.8. The molecule has 0 aromatic carbocycles. The van der Waals surface area contributed by atoms with Crippen molar-refractivity contribution in [3.05, 3.63) is 0 Å². The lowest BCUT2D eigenvalue weighted by Gasteiger charge is -2.37. The molecule has 1 saturated heterocycles. The summed E-state index contributed by atoms with van der Waals surface area (Å²) in [6.07, 6.45) is 2.13. The Morgan fingerprint density at radius 2 is 2.00 bits per heavy atom. The Hall–Kier alpha value is -1.10. The van der Waals surface area contributed by atoms with Gasteiger partial charge in [-0.2, -0.15) is 0 Å². The minimum absolute atomic E-state index is 0.00160. The molecule has 2 amide bonds. The number of nitrogens with two attached hydrogens (primary N) is 1. The smallest absolute Gasteiger partial charge is 0.240 e. The van der Waals surface area contributed by atoms with E-state index >= 15 is 0 Å². The standard InChI is InChI=1S/C14H27N3O2/c1-9(2)11(12(15)18)17-13(19)14(3,4)10-6-5-7-16-8-10/h9-11,16H,5-8H2,1-4H3,(H2,15,18)(H,17,19). The Morgan fingerprint density at radius 3 is 2.42 bits per heavy atom. The Labute approximate surface area is 115 Å². The molecule has 0 bridgehead atoms. The van der Waals surface area contributed by atoms with Gasteiger partial charge in [0.15, 0.2) is 0 Å². The van der Waals surface area contributed by atoms with Crippen LogP contribution in [0.15, 0.2) is 0 Å². The van der Waals surface area contributed by atoms with E-state index in [1.165, 1.54) is 0 Å². The van der Waals surface area contributed by atoms with E-state index in [0.717, 1.165) is 25.9 Å². The lowest BCUT2D eigenvalue weighted by atomic mass is 9.74. The van der Waals surface area contributed by atoms with E-state index in [9.17, 15) is 9.59 Å². The van der Waals surface area contributed by atoms with E-state index in [2.05, 4.69) is 10.6 Å². The zero-order valence-corrected chi connectivity index (χ0v) is 12.5. The molecule has 5 nitrogen and oxygen atoms in total. The van der Waals surface area contributed by atoms with Gasteiger partial charge >= 0.3 is 0 Å². The van der Waals surface area contributed by atoms with Crippen LogP contribution in [0.2, 0.25) is 0 Å². The number of amides is 2. The Bertz CT molecular complexity index is 334. The maximum absolute atomic E-state index is 12.4. The highest BCUT2D eigenvalue weighted by atomic mass is 16.2. The van der Waals surface area contributed by atoms with Gasteiger partial charge in [-0.15, -0.1) is 0 Å². The van der Waals surface area contributed by atoms with Crippen LogP contribution in [-0.4, -0.2) is 30.9 Å². The van der Waals surface area contributed by atoms with Gasteiger partial charge in [0.05, 0.1) is 0 Å². The number of carbonyl (C=O) groups is 2. The third-order valence-corrected chi connectivity index (χ3v) is 4.16. The third kappa shape index (κ3) is 3.93. The summed E-state index contributed by atoms with van der Waals surface area (Å²) >= 11 is 0. The first-order chi connectivity index (χ1) is 8.76. The number of hydrogen-bond acceptors (Lipinski definition) is 3. The SMILES string of the molecule is CC(C)C(NC(=O)C(C)(C)C1CCCNC1)C(N)=O. The highest BCUT2D eigenvalue weighted by Gasteiger charge is 2.39. The van der Waals surface area contributed by atoms with Crippen LogP contribution >= 0.6 is 0 Å². The fraction of sp³-hybridized carbons (Fsp3) is 0.857. The molecule has 2 atom stereocenters.